The summed E-state index contributed by atoms with van der Waals surface area (Å²) in [4.78, 5) is 0. The maximum Gasteiger partial charge on any atom is 0.0777 e. The fourth-order valence-electron chi connectivity index (χ4n) is 1.94. The van der Waals surface area contributed by atoms with Crippen molar-refractivity contribution >= 4 is 31.9 Å². The molecule has 0 fully saturated rings. The molecule has 0 saturated carbocycles. The molecule has 94 valence electrons. The number of rotatable bonds is 7. The Labute approximate surface area is 122 Å². The summed E-state index contributed by atoms with van der Waals surface area (Å²) < 4.78 is 0.0656. The van der Waals surface area contributed by atoms with Gasteiger partial charge >= 0.3 is 0 Å². The van der Waals surface area contributed by atoms with Gasteiger partial charge in [-0.1, -0.05) is 68.3 Å². The van der Waals surface area contributed by atoms with E-state index in [2.05, 4.69) is 75.7 Å². The van der Waals surface area contributed by atoms with Crippen molar-refractivity contribution in [3.8, 4) is 0 Å². The van der Waals surface area contributed by atoms with Gasteiger partial charge in [-0.2, -0.15) is 0 Å². The van der Waals surface area contributed by atoms with Gasteiger partial charge in [-0.3, -0.25) is 0 Å². The van der Waals surface area contributed by atoms with Gasteiger partial charge in [-0.25, -0.2) is 0 Å². The van der Waals surface area contributed by atoms with Crippen LogP contribution in [0.5, 0.6) is 0 Å². The molecule has 2 heteroatoms. The SMILES string of the molecule is C=CCC(CCC(C)(Br)Br)Cc1ccccc1. The minimum Gasteiger partial charge on any atom is -0.103 e. The standard InChI is InChI=1S/C15H20Br2/c1-3-7-13(10-11-15(2,16)17)12-14-8-5-4-6-9-14/h3-6,8-9,13H,1,7,10-12H2,2H3. The molecule has 0 aliphatic carbocycles. The Balaban J connectivity index is 2.51. The molecule has 1 aromatic rings. The van der Waals surface area contributed by atoms with Crippen LogP contribution in [0.4, 0.5) is 0 Å². The summed E-state index contributed by atoms with van der Waals surface area (Å²) in [6.07, 6.45) is 6.59. The average molecular weight is 360 g/mol. The quantitative estimate of drug-likeness (QED) is 0.432. The summed E-state index contributed by atoms with van der Waals surface area (Å²) in [6, 6.07) is 10.7. The number of halogens is 2. The van der Waals surface area contributed by atoms with Crippen LogP contribution in [-0.2, 0) is 6.42 Å². The molecule has 0 bridgehead atoms. The second-order valence-corrected chi connectivity index (χ2v) is 9.25. The maximum atomic E-state index is 3.86. The summed E-state index contributed by atoms with van der Waals surface area (Å²) in [5.74, 6) is 0.685. The lowest BCUT2D eigenvalue weighted by Crippen LogP contribution is -2.10. The van der Waals surface area contributed by atoms with Crippen LogP contribution in [0.25, 0.3) is 0 Å². The molecule has 0 heterocycles. The van der Waals surface area contributed by atoms with Crippen molar-refractivity contribution < 1.29 is 0 Å². The molecule has 0 saturated heterocycles. The first-order chi connectivity index (χ1) is 8.01. The molecular formula is C15H20Br2. The Morgan fingerprint density at radius 2 is 1.94 bits per heavy atom. The van der Waals surface area contributed by atoms with E-state index in [1.807, 2.05) is 6.08 Å². The molecule has 1 unspecified atom stereocenters. The Morgan fingerprint density at radius 3 is 2.47 bits per heavy atom. The second kappa shape index (κ2) is 7.38. The largest absolute Gasteiger partial charge is 0.103 e. The Kier molecular flexibility index (Phi) is 6.50. The topological polar surface area (TPSA) is 0 Å². The summed E-state index contributed by atoms with van der Waals surface area (Å²) in [6.45, 7) is 6.02. The van der Waals surface area contributed by atoms with Gasteiger partial charge in [0.1, 0.15) is 0 Å². The van der Waals surface area contributed by atoms with E-state index < -0.39 is 0 Å². The third-order valence-electron chi connectivity index (χ3n) is 2.86. The summed E-state index contributed by atoms with van der Waals surface area (Å²) in [7, 11) is 0. The Hall–Kier alpha value is -0.0800. The van der Waals surface area contributed by atoms with Crippen LogP contribution in [-0.4, -0.2) is 3.23 Å². The van der Waals surface area contributed by atoms with E-state index in [0.717, 1.165) is 19.3 Å². The van der Waals surface area contributed by atoms with Gasteiger partial charge in [0, 0.05) is 0 Å². The zero-order chi connectivity index (χ0) is 12.7. The van der Waals surface area contributed by atoms with E-state index in [1.54, 1.807) is 0 Å². The van der Waals surface area contributed by atoms with Crippen molar-refractivity contribution in [2.24, 2.45) is 5.92 Å². The van der Waals surface area contributed by atoms with Crippen LogP contribution in [0.2, 0.25) is 0 Å². The predicted octanol–water partition coefficient (Wildman–Crippen LogP) is 5.71. The van der Waals surface area contributed by atoms with Crippen molar-refractivity contribution in [3.05, 3.63) is 48.6 Å². The number of alkyl halides is 2. The molecule has 0 nitrogen and oxygen atoms in total. The smallest absolute Gasteiger partial charge is 0.0777 e. The van der Waals surface area contributed by atoms with Crippen LogP contribution in [0.3, 0.4) is 0 Å². The minimum atomic E-state index is 0.0656. The van der Waals surface area contributed by atoms with Gasteiger partial charge in [0.25, 0.3) is 0 Å². The van der Waals surface area contributed by atoms with E-state index >= 15 is 0 Å². The fraction of sp³-hybridized carbons (Fsp3) is 0.467. The van der Waals surface area contributed by atoms with Crippen molar-refractivity contribution in [1.29, 1.82) is 0 Å². The molecular weight excluding hydrogens is 340 g/mol. The number of benzene rings is 1. The van der Waals surface area contributed by atoms with Gasteiger partial charge in [0.15, 0.2) is 0 Å². The Bertz CT molecular complexity index is 325. The molecule has 0 N–H and O–H groups in total. The molecule has 17 heavy (non-hydrogen) atoms. The van der Waals surface area contributed by atoms with E-state index in [1.165, 1.54) is 12.0 Å². The highest BCUT2D eigenvalue weighted by Gasteiger charge is 2.18. The van der Waals surface area contributed by atoms with Crippen molar-refractivity contribution in [2.45, 2.75) is 35.8 Å². The number of allylic oxidation sites excluding steroid dienone is 1. The summed E-state index contributed by atoms with van der Waals surface area (Å²) in [5, 5.41) is 0. The fourth-order valence-corrected chi connectivity index (χ4v) is 2.40. The van der Waals surface area contributed by atoms with Gasteiger partial charge < -0.3 is 0 Å². The third-order valence-corrected chi connectivity index (χ3v) is 3.65. The molecule has 0 aliphatic heterocycles. The minimum absolute atomic E-state index is 0.0656. The van der Waals surface area contributed by atoms with Crippen molar-refractivity contribution in [2.75, 3.05) is 0 Å². The van der Waals surface area contributed by atoms with Crippen LogP contribution in [0.15, 0.2) is 43.0 Å². The number of hydrogen-bond acceptors (Lipinski definition) is 0. The highest BCUT2D eigenvalue weighted by Crippen LogP contribution is 2.33. The van der Waals surface area contributed by atoms with Gasteiger partial charge in [0.2, 0.25) is 0 Å². The zero-order valence-electron chi connectivity index (χ0n) is 10.3. The molecule has 1 aromatic carbocycles. The lowest BCUT2D eigenvalue weighted by molar-refractivity contribution is 0.467. The molecule has 1 rings (SSSR count). The van der Waals surface area contributed by atoms with Crippen molar-refractivity contribution in [3.63, 3.8) is 0 Å². The normalized spacial score (nSPS) is 13.4. The van der Waals surface area contributed by atoms with E-state index in [9.17, 15) is 0 Å². The molecule has 0 aliphatic rings. The first kappa shape index (κ1) is 15.0. The summed E-state index contributed by atoms with van der Waals surface area (Å²) in [5.41, 5.74) is 1.42. The maximum absolute atomic E-state index is 3.86. The Morgan fingerprint density at radius 1 is 1.29 bits per heavy atom. The van der Waals surface area contributed by atoms with Crippen LogP contribution >= 0.6 is 31.9 Å². The molecule has 1 atom stereocenters. The van der Waals surface area contributed by atoms with E-state index in [-0.39, 0.29) is 3.23 Å². The van der Waals surface area contributed by atoms with E-state index in [4.69, 9.17) is 0 Å². The molecule has 0 amide bonds. The van der Waals surface area contributed by atoms with Crippen LogP contribution in [0, 0.1) is 5.92 Å². The second-order valence-electron chi connectivity index (χ2n) is 4.69. The monoisotopic (exact) mass is 358 g/mol. The lowest BCUT2D eigenvalue weighted by Gasteiger charge is -2.20. The lowest BCUT2D eigenvalue weighted by atomic mass is 9.91. The predicted molar refractivity (Wildman–Crippen MR) is 83.9 cm³/mol. The third kappa shape index (κ3) is 7.05. The summed E-state index contributed by atoms with van der Waals surface area (Å²) >= 11 is 7.27. The van der Waals surface area contributed by atoms with Gasteiger partial charge in [0.05, 0.1) is 3.23 Å². The molecule has 0 aromatic heterocycles. The first-order valence-electron chi connectivity index (χ1n) is 6.04. The van der Waals surface area contributed by atoms with Gasteiger partial charge in [-0.05, 0) is 44.1 Å². The van der Waals surface area contributed by atoms with Crippen LogP contribution < -0.4 is 0 Å². The zero-order valence-corrected chi connectivity index (χ0v) is 13.5. The molecule has 0 spiro atoms. The van der Waals surface area contributed by atoms with Crippen molar-refractivity contribution in [1.82, 2.24) is 0 Å². The van der Waals surface area contributed by atoms with Crippen LogP contribution in [0.1, 0.15) is 31.7 Å². The van der Waals surface area contributed by atoms with E-state index in [0.29, 0.717) is 5.92 Å². The highest BCUT2D eigenvalue weighted by atomic mass is 79.9. The highest BCUT2D eigenvalue weighted by molar-refractivity contribution is 9.25. The number of hydrogen-bond donors (Lipinski definition) is 0. The first-order valence-corrected chi connectivity index (χ1v) is 7.62. The van der Waals surface area contributed by atoms with Gasteiger partial charge in [-0.15, -0.1) is 6.58 Å². The molecule has 0 radical (unpaired) electrons. The average Bonchev–Trinajstić information content (AvgIpc) is 2.27.